The summed E-state index contributed by atoms with van der Waals surface area (Å²) in [6.07, 6.45) is 6.59. The number of nitrogens with zero attached hydrogens (tertiary/aromatic N) is 4. The van der Waals surface area contributed by atoms with Crippen LogP contribution in [-0.2, 0) is 11.2 Å². The van der Waals surface area contributed by atoms with E-state index in [0.717, 1.165) is 29.8 Å². The Balaban J connectivity index is 1.21. The van der Waals surface area contributed by atoms with Gasteiger partial charge in [0.05, 0.1) is 25.7 Å². The minimum Gasteiger partial charge on any atom is -0.493 e. The first-order valence-electron chi connectivity index (χ1n) is 16.2. The Morgan fingerprint density at radius 2 is 1.85 bits per heavy atom. The van der Waals surface area contributed by atoms with E-state index < -0.39 is 5.82 Å². The molecule has 4 aromatic rings. The number of anilines is 3. The van der Waals surface area contributed by atoms with Gasteiger partial charge < -0.3 is 20.1 Å². The molecule has 47 heavy (non-hydrogen) atoms. The maximum absolute atomic E-state index is 13.5. The molecule has 0 aliphatic carbocycles. The lowest BCUT2D eigenvalue weighted by atomic mass is 9.63. The summed E-state index contributed by atoms with van der Waals surface area (Å²) in [7, 11) is 1.62. The van der Waals surface area contributed by atoms with Gasteiger partial charge in [0, 0.05) is 46.7 Å². The number of hydrogen-bond donors (Lipinski definition) is 2. The summed E-state index contributed by atoms with van der Waals surface area (Å²) in [6, 6.07) is 10.1. The fourth-order valence-corrected chi connectivity index (χ4v) is 7.72. The van der Waals surface area contributed by atoms with Gasteiger partial charge in [0.1, 0.15) is 18.0 Å². The van der Waals surface area contributed by atoms with E-state index in [-0.39, 0.29) is 23.2 Å². The van der Waals surface area contributed by atoms with Gasteiger partial charge in [-0.1, -0.05) is 47.6 Å². The van der Waals surface area contributed by atoms with Crippen LogP contribution >= 0.6 is 11.3 Å². The molecule has 1 aliphatic rings. The number of benzene rings is 2. The third kappa shape index (κ3) is 8.75. The van der Waals surface area contributed by atoms with Crippen molar-refractivity contribution in [3.63, 3.8) is 0 Å². The number of amides is 1. The van der Waals surface area contributed by atoms with E-state index in [9.17, 15) is 9.18 Å². The molecule has 1 aliphatic heterocycles. The lowest BCUT2D eigenvalue weighted by Crippen LogP contribution is -2.46. The van der Waals surface area contributed by atoms with Gasteiger partial charge in [-0.15, -0.1) is 11.3 Å². The van der Waals surface area contributed by atoms with Crippen molar-refractivity contribution in [2.24, 2.45) is 10.8 Å². The molecule has 0 spiro atoms. The first kappa shape index (κ1) is 34.5. The molecule has 2 aromatic heterocycles. The third-order valence-electron chi connectivity index (χ3n) is 8.30. The van der Waals surface area contributed by atoms with E-state index in [1.807, 2.05) is 12.1 Å². The number of likely N-dealkylation sites (tertiary alicyclic amines) is 1. The molecule has 9 nitrogen and oxygen atoms in total. The van der Waals surface area contributed by atoms with Crippen LogP contribution in [0, 0.1) is 22.6 Å². The van der Waals surface area contributed by atoms with Gasteiger partial charge in [-0.3, -0.25) is 9.69 Å². The number of fused-ring (bicyclic) bond motifs is 1. The molecule has 1 fully saturated rings. The Labute approximate surface area is 281 Å². The lowest BCUT2D eigenvalue weighted by Gasteiger charge is -2.46. The standard InChI is InChI=1S/C36H46FN6O3S/c1-35(2,3)32(36(4,5)6)28-13-9-14-43(28)15-10-16-46-30-20-27-26(19-29(30)45-7)33(40-22-39-27)42-34-38-21-25(47-34)18-31(44)41-24-12-8-11-23(37)17-24/h8,11-12,17,19-22,28H,9-10,13-16,18H2,1-7H3,(H,41,44)(H,38,39,40,42)/t28-/m0/s1. The molecular formula is C36H46FN6O3S. The van der Waals surface area contributed by atoms with Crippen molar-refractivity contribution in [1.29, 1.82) is 0 Å². The van der Waals surface area contributed by atoms with Crippen molar-refractivity contribution >= 4 is 44.8 Å². The number of carbonyl (C=O) groups is 1. The number of ether oxygens (including phenoxy) is 2. The molecule has 251 valence electrons. The van der Waals surface area contributed by atoms with Crippen LogP contribution in [0.2, 0.25) is 0 Å². The molecule has 1 amide bonds. The van der Waals surface area contributed by atoms with Gasteiger partial charge >= 0.3 is 0 Å². The van der Waals surface area contributed by atoms with E-state index in [2.05, 4.69) is 72.0 Å². The zero-order chi connectivity index (χ0) is 33.8. The Kier molecular flexibility index (Phi) is 10.7. The summed E-state index contributed by atoms with van der Waals surface area (Å²) >= 11 is 1.34. The van der Waals surface area contributed by atoms with Crippen LogP contribution in [0.4, 0.5) is 21.0 Å². The van der Waals surface area contributed by atoms with E-state index in [1.165, 1.54) is 42.6 Å². The monoisotopic (exact) mass is 661 g/mol. The van der Waals surface area contributed by atoms with Crippen molar-refractivity contribution < 1.29 is 18.7 Å². The number of aromatic nitrogens is 3. The maximum atomic E-state index is 13.5. The minimum atomic E-state index is -0.407. The molecule has 3 heterocycles. The fraction of sp³-hybridized carbons (Fsp3) is 0.472. The molecule has 0 bridgehead atoms. The quantitative estimate of drug-likeness (QED) is 0.147. The molecule has 1 radical (unpaired) electrons. The normalized spacial score (nSPS) is 15.7. The molecule has 1 saturated heterocycles. The summed E-state index contributed by atoms with van der Waals surface area (Å²) in [6.45, 7) is 16.7. The summed E-state index contributed by atoms with van der Waals surface area (Å²) in [5.74, 6) is 2.77. The second-order valence-electron chi connectivity index (χ2n) is 14.0. The smallest absolute Gasteiger partial charge is 0.229 e. The second kappa shape index (κ2) is 14.5. The van der Waals surface area contributed by atoms with Crippen molar-refractivity contribution in [3.05, 3.63) is 65.5 Å². The molecule has 0 unspecified atom stereocenters. The fourth-order valence-electron chi connectivity index (χ4n) is 6.91. The van der Waals surface area contributed by atoms with E-state index in [0.29, 0.717) is 46.3 Å². The maximum Gasteiger partial charge on any atom is 0.229 e. The number of nitrogens with one attached hydrogen (secondary N) is 2. The average molecular weight is 662 g/mol. The topological polar surface area (TPSA) is 102 Å². The number of thiazole rings is 1. The van der Waals surface area contributed by atoms with Crippen molar-refractivity contribution in [2.45, 2.75) is 73.3 Å². The average Bonchev–Trinajstić information content (AvgIpc) is 3.62. The van der Waals surface area contributed by atoms with Gasteiger partial charge in [-0.2, -0.15) is 0 Å². The van der Waals surface area contributed by atoms with Gasteiger partial charge in [-0.05, 0) is 60.9 Å². The van der Waals surface area contributed by atoms with E-state index >= 15 is 0 Å². The first-order chi connectivity index (χ1) is 22.3. The summed E-state index contributed by atoms with van der Waals surface area (Å²) in [4.78, 5) is 29.2. The predicted molar refractivity (Wildman–Crippen MR) is 187 cm³/mol. The zero-order valence-corrected chi connectivity index (χ0v) is 29.3. The number of halogens is 1. The summed E-state index contributed by atoms with van der Waals surface area (Å²) in [5, 5.41) is 7.30. The summed E-state index contributed by atoms with van der Waals surface area (Å²) < 4.78 is 25.4. The molecular weight excluding hydrogens is 616 g/mol. The SMILES string of the molecule is COc1cc2c(Nc3ncc(CC(=O)Nc4cccc(F)c4)s3)ncnc2cc1OCCCN1CCC[C@H]1[C](C(C)(C)C)C(C)(C)C. The third-order valence-corrected chi connectivity index (χ3v) is 9.22. The van der Waals surface area contributed by atoms with E-state index in [1.54, 1.807) is 31.4 Å². The number of methoxy groups -OCH3 is 1. The minimum absolute atomic E-state index is 0.111. The van der Waals surface area contributed by atoms with Gasteiger partial charge in [-0.25, -0.2) is 19.3 Å². The Morgan fingerprint density at radius 1 is 1.06 bits per heavy atom. The van der Waals surface area contributed by atoms with E-state index in [4.69, 9.17) is 9.47 Å². The van der Waals surface area contributed by atoms with Crippen LogP contribution in [0.5, 0.6) is 11.5 Å². The molecule has 0 saturated carbocycles. The van der Waals surface area contributed by atoms with Crippen LogP contribution in [-0.4, -0.2) is 58.6 Å². The van der Waals surface area contributed by atoms with Gasteiger partial charge in [0.25, 0.3) is 0 Å². The Hall–Kier alpha value is -3.83. The van der Waals surface area contributed by atoms with Crippen molar-refractivity contribution in [3.8, 4) is 11.5 Å². The highest BCUT2D eigenvalue weighted by atomic mass is 32.1. The number of carbonyl (C=O) groups excluding carboxylic acids is 1. The van der Waals surface area contributed by atoms with Crippen molar-refractivity contribution in [1.82, 2.24) is 19.9 Å². The Morgan fingerprint density at radius 3 is 2.57 bits per heavy atom. The Bertz CT molecular complexity index is 1670. The van der Waals surface area contributed by atoms with Crippen molar-refractivity contribution in [2.75, 3.05) is 37.4 Å². The van der Waals surface area contributed by atoms with Crippen LogP contribution < -0.4 is 20.1 Å². The predicted octanol–water partition coefficient (Wildman–Crippen LogP) is 8.06. The van der Waals surface area contributed by atoms with Crippen LogP contribution in [0.3, 0.4) is 0 Å². The molecule has 1 atom stereocenters. The molecule has 5 rings (SSSR count). The highest BCUT2D eigenvalue weighted by Gasteiger charge is 2.44. The molecule has 2 aromatic carbocycles. The largest absolute Gasteiger partial charge is 0.493 e. The molecule has 11 heteroatoms. The highest BCUT2D eigenvalue weighted by Crippen LogP contribution is 2.48. The first-order valence-corrected chi connectivity index (χ1v) is 17.0. The summed E-state index contributed by atoms with van der Waals surface area (Å²) in [5.41, 5.74) is 1.42. The van der Waals surface area contributed by atoms with Gasteiger partial charge in [0.15, 0.2) is 16.6 Å². The van der Waals surface area contributed by atoms with Crippen LogP contribution in [0.1, 0.15) is 65.7 Å². The second-order valence-corrected chi connectivity index (χ2v) is 15.2. The number of hydrogen-bond acceptors (Lipinski definition) is 9. The molecule has 2 N–H and O–H groups in total. The number of rotatable bonds is 12. The lowest BCUT2D eigenvalue weighted by molar-refractivity contribution is -0.115. The van der Waals surface area contributed by atoms with Crippen LogP contribution in [0.25, 0.3) is 10.9 Å². The zero-order valence-electron chi connectivity index (χ0n) is 28.4. The van der Waals surface area contributed by atoms with Crippen LogP contribution in [0.15, 0.2) is 48.9 Å². The highest BCUT2D eigenvalue weighted by molar-refractivity contribution is 7.15. The van der Waals surface area contributed by atoms with Gasteiger partial charge in [0.2, 0.25) is 5.91 Å².